The Bertz CT molecular complexity index is 3380. The Kier molecular flexibility index (Phi) is 8.83. The van der Waals surface area contributed by atoms with Gasteiger partial charge in [0.25, 0.3) is 0 Å². The molecule has 3 nitrogen and oxygen atoms in total. The lowest BCUT2D eigenvalue weighted by atomic mass is 9.94. The topological polar surface area (TPSA) is 38.7 Å². The Morgan fingerprint density at radius 2 is 0.567 bits per heavy atom. The van der Waals surface area contributed by atoms with Crippen LogP contribution in [0.2, 0.25) is 0 Å². The number of fused-ring (bicyclic) bond motifs is 3. The van der Waals surface area contributed by atoms with Crippen LogP contribution in [0, 0.1) is 0 Å². The number of hydrogen-bond acceptors (Lipinski definition) is 3. The van der Waals surface area contributed by atoms with E-state index in [2.05, 4.69) is 218 Å². The zero-order chi connectivity index (χ0) is 39.8. The molecule has 280 valence electrons. The predicted molar refractivity (Wildman–Crippen MR) is 250 cm³/mol. The highest BCUT2D eigenvalue weighted by atomic mass is 15.0. The summed E-state index contributed by atoms with van der Waals surface area (Å²) in [5, 5.41) is 7.22. The van der Waals surface area contributed by atoms with E-state index in [1.807, 2.05) is 6.07 Å². The van der Waals surface area contributed by atoms with Crippen LogP contribution in [0.25, 0.3) is 111 Å². The van der Waals surface area contributed by atoms with Crippen LogP contribution in [0.4, 0.5) is 0 Å². The van der Waals surface area contributed by atoms with Crippen LogP contribution in [-0.2, 0) is 0 Å². The summed E-state index contributed by atoms with van der Waals surface area (Å²) in [5.74, 6) is 1.89. The van der Waals surface area contributed by atoms with Crippen LogP contribution < -0.4 is 0 Å². The van der Waals surface area contributed by atoms with E-state index >= 15 is 0 Å². The molecule has 0 saturated heterocycles. The van der Waals surface area contributed by atoms with E-state index in [0.29, 0.717) is 17.5 Å². The summed E-state index contributed by atoms with van der Waals surface area (Å²) in [6.07, 6.45) is 0. The number of nitrogens with zero attached hydrogens (tertiary/aromatic N) is 3. The lowest BCUT2D eigenvalue weighted by Crippen LogP contribution is -2.00. The summed E-state index contributed by atoms with van der Waals surface area (Å²) in [4.78, 5) is 15.5. The molecule has 0 aliphatic carbocycles. The summed E-state index contributed by atoms with van der Waals surface area (Å²) in [6.45, 7) is 0. The van der Waals surface area contributed by atoms with Crippen LogP contribution in [0.15, 0.2) is 224 Å². The largest absolute Gasteiger partial charge is 0.208 e. The minimum atomic E-state index is 0.627. The quantitative estimate of drug-likeness (QED) is 0.162. The molecule has 0 fully saturated rings. The maximum atomic E-state index is 5.18. The molecule has 0 N–H and O–H groups in total. The van der Waals surface area contributed by atoms with Crippen molar-refractivity contribution in [3.8, 4) is 78.7 Å². The van der Waals surface area contributed by atoms with Crippen molar-refractivity contribution in [2.24, 2.45) is 0 Å². The number of hydrogen-bond donors (Lipinski definition) is 0. The van der Waals surface area contributed by atoms with Crippen LogP contribution in [0.3, 0.4) is 0 Å². The molecular weight excluding hydrogens is 727 g/mol. The summed E-state index contributed by atoms with van der Waals surface area (Å²) < 4.78 is 0. The maximum absolute atomic E-state index is 5.18. The molecule has 0 bridgehead atoms. The fourth-order valence-electron chi connectivity index (χ4n) is 8.35. The molecule has 0 saturated carbocycles. The van der Waals surface area contributed by atoms with Gasteiger partial charge in [-0.25, -0.2) is 15.0 Å². The molecule has 0 spiro atoms. The van der Waals surface area contributed by atoms with Crippen molar-refractivity contribution >= 4 is 32.3 Å². The summed E-state index contributed by atoms with van der Waals surface area (Å²) >= 11 is 0. The highest BCUT2D eigenvalue weighted by Crippen LogP contribution is 2.35. The average molecular weight is 764 g/mol. The first-order valence-corrected chi connectivity index (χ1v) is 20.3. The number of benzene rings is 10. The Balaban J connectivity index is 0.984. The molecule has 60 heavy (non-hydrogen) atoms. The second-order valence-corrected chi connectivity index (χ2v) is 15.3. The number of rotatable bonds is 7. The minimum absolute atomic E-state index is 0.627. The maximum Gasteiger partial charge on any atom is 0.164 e. The molecule has 10 aromatic carbocycles. The first kappa shape index (κ1) is 35.2. The molecule has 3 heteroatoms. The molecule has 1 heterocycles. The predicted octanol–water partition coefficient (Wildman–Crippen LogP) is 15.0. The van der Waals surface area contributed by atoms with Gasteiger partial charge in [-0.2, -0.15) is 0 Å². The normalized spacial score (nSPS) is 11.3. The molecule has 11 aromatic rings. The first-order valence-electron chi connectivity index (χ1n) is 20.3. The van der Waals surface area contributed by atoms with Crippen molar-refractivity contribution in [2.45, 2.75) is 0 Å². The Hall–Kier alpha value is -8.01. The van der Waals surface area contributed by atoms with Crippen molar-refractivity contribution in [2.75, 3.05) is 0 Å². The van der Waals surface area contributed by atoms with Gasteiger partial charge in [-0.1, -0.05) is 188 Å². The lowest BCUT2D eigenvalue weighted by Gasteiger charge is -2.12. The SMILES string of the molecule is c1ccc(-c2cccc(-c3cccc(-c4nc(-c5cccc(-c6ccc7cc(-c8cccc9ccccc89)ccc7c6)c5)nc(-c5ccc6ccccc6c5)n4)c3)c2)cc1. The van der Waals surface area contributed by atoms with Crippen molar-refractivity contribution in [3.05, 3.63) is 224 Å². The molecular formula is C57H37N3. The Labute approximate surface area is 349 Å². The van der Waals surface area contributed by atoms with E-state index in [4.69, 9.17) is 15.0 Å². The third-order valence-electron chi connectivity index (χ3n) is 11.5. The van der Waals surface area contributed by atoms with Gasteiger partial charge in [0.15, 0.2) is 17.5 Å². The second kappa shape index (κ2) is 15.1. The molecule has 0 radical (unpaired) electrons. The zero-order valence-corrected chi connectivity index (χ0v) is 32.7. The highest BCUT2D eigenvalue weighted by Gasteiger charge is 2.15. The van der Waals surface area contributed by atoms with Gasteiger partial charge in [0.2, 0.25) is 0 Å². The van der Waals surface area contributed by atoms with Gasteiger partial charge < -0.3 is 0 Å². The third-order valence-corrected chi connectivity index (χ3v) is 11.5. The van der Waals surface area contributed by atoms with E-state index in [9.17, 15) is 0 Å². The van der Waals surface area contributed by atoms with Gasteiger partial charge >= 0.3 is 0 Å². The van der Waals surface area contributed by atoms with Gasteiger partial charge in [0, 0.05) is 16.7 Å². The van der Waals surface area contributed by atoms with Gasteiger partial charge in [0.1, 0.15) is 0 Å². The van der Waals surface area contributed by atoms with Gasteiger partial charge in [-0.05, 0) is 113 Å². The molecule has 0 aliphatic heterocycles. The molecule has 1 aromatic heterocycles. The minimum Gasteiger partial charge on any atom is -0.208 e. The smallest absolute Gasteiger partial charge is 0.164 e. The molecule has 11 rings (SSSR count). The first-order chi connectivity index (χ1) is 29.7. The number of aromatic nitrogens is 3. The zero-order valence-electron chi connectivity index (χ0n) is 32.7. The third kappa shape index (κ3) is 6.78. The van der Waals surface area contributed by atoms with E-state index in [1.54, 1.807) is 0 Å². The monoisotopic (exact) mass is 763 g/mol. The fraction of sp³-hybridized carbons (Fsp3) is 0. The molecule has 0 amide bonds. The van der Waals surface area contributed by atoms with Gasteiger partial charge in [-0.3, -0.25) is 0 Å². The summed E-state index contributed by atoms with van der Waals surface area (Å²) in [5.41, 5.74) is 12.1. The van der Waals surface area contributed by atoms with E-state index in [1.165, 1.54) is 49.2 Å². The summed E-state index contributed by atoms with van der Waals surface area (Å²) in [7, 11) is 0. The van der Waals surface area contributed by atoms with Gasteiger partial charge in [-0.15, -0.1) is 0 Å². The average Bonchev–Trinajstić information content (AvgIpc) is 3.33. The van der Waals surface area contributed by atoms with Crippen molar-refractivity contribution < 1.29 is 0 Å². The molecule has 0 atom stereocenters. The van der Waals surface area contributed by atoms with E-state index in [0.717, 1.165) is 44.3 Å². The lowest BCUT2D eigenvalue weighted by molar-refractivity contribution is 1.07. The van der Waals surface area contributed by atoms with Crippen molar-refractivity contribution in [1.82, 2.24) is 15.0 Å². The summed E-state index contributed by atoms with van der Waals surface area (Å²) in [6, 6.07) is 79.6. The van der Waals surface area contributed by atoms with Crippen LogP contribution >= 0.6 is 0 Å². The molecule has 0 aliphatic rings. The van der Waals surface area contributed by atoms with Crippen LogP contribution in [0.5, 0.6) is 0 Å². The van der Waals surface area contributed by atoms with Crippen LogP contribution in [0.1, 0.15) is 0 Å². The molecule has 0 unspecified atom stereocenters. The standard InChI is InChI=1S/C57H37N3/c1-2-12-38(13-3-1)42-18-8-19-43(32-42)44-20-9-22-50(36-44)55-58-56(60-57(59-55)52-31-26-39-14-4-5-16-41(39)35-52)51-23-10-21-45(37-51)46-27-28-48-34-49(30-29-47(48)33-46)54-25-11-17-40-15-6-7-24-53(40)54/h1-37H. The van der Waals surface area contributed by atoms with Crippen LogP contribution in [-0.4, -0.2) is 15.0 Å². The fourth-order valence-corrected chi connectivity index (χ4v) is 8.35. The van der Waals surface area contributed by atoms with Gasteiger partial charge in [0.05, 0.1) is 0 Å². The van der Waals surface area contributed by atoms with Crippen molar-refractivity contribution in [1.29, 1.82) is 0 Å². The van der Waals surface area contributed by atoms with Crippen molar-refractivity contribution in [3.63, 3.8) is 0 Å². The second-order valence-electron chi connectivity index (χ2n) is 15.3. The highest BCUT2D eigenvalue weighted by molar-refractivity contribution is 5.99. The Morgan fingerprint density at radius 3 is 1.23 bits per heavy atom. The Morgan fingerprint density at radius 1 is 0.200 bits per heavy atom. The van der Waals surface area contributed by atoms with E-state index in [-0.39, 0.29) is 0 Å². The van der Waals surface area contributed by atoms with E-state index < -0.39 is 0 Å².